The van der Waals surface area contributed by atoms with Crippen LogP contribution < -0.4 is 0 Å². The van der Waals surface area contributed by atoms with E-state index in [2.05, 4.69) is 10.1 Å². The summed E-state index contributed by atoms with van der Waals surface area (Å²) < 4.78 is 7.56. The van der Waals surface area contributed by atoms with Crippen LogP contribution in [0.25, 0.3) is 11.3 Å². The molecule has 1 aromatic carbocycles. The van der Waals surface area contributed by atoms with Crippen molar-refractivity contribution in [2.45, 2.75) is 30.3 Å². The number of fused-ring (bicyclic) bond motifs is 2. The highest BCUT2D eigenvalue weighted by molar-refractivity contribution is 5.96. The molecule has 1 spiro atoms. The van der Waals surface area contributed by atoms with Crippen LogP contribution in [0.3, 0.4) is 0 Å². The Bertz CT molecular complexity index is 1210. The van der Waals surface area contributed by atoms with Gasteiger partial charge in [0.25, 0.3) is 0 Å². The Morgan fingerprint density at radius 2 is 1.94 bits per heavy atom. The van der Waals surface area contributed by atoms with E-state index in [-0.39, 0.29) is 11.9 Å². The van der Waals surface area contributed by atoms with E-state index in [1.54, 1.807) is 16.9 Å². The molecular weight excluding hydrogens is 392 g/mol. The van der Waals surface area contributed by atoms with Gasteiger partial charge in [0.2, 0.25) is 5.91 Å². The number of esters is 1. The van der Waals surface area contributed by atoms with Gasteiger partial charge in [-0.15, -0.1) is 0 Å². The number of hydrogen-bond donors (Lipinski definition) is 0. The first kappa shape index (κ1) is 18.3. The van der Waals surface area contributed by atoms with E-state index >= 15 is 0 Å². The van der Waals surface area contributed by atoms with Crippen LogP contribution in [0.5, 0.6) is 0 Å². The predicted molar refractivity (Wildman–Crippen MR) is 112 cm³/mol. The smallest absolute Gasteiger partial charge is 0.339 e. The molecule has 1 amide bonds. The molecule has 3 aliphatic rings. The summed E-state index contributed by atoms with van der Waals surface area (Å²) in [7, 11) is 1.87. The highest BCUT2D eigenvalue weighted by Crippen LogP contribution is 2.52. The first-order valence-corrected chi connectivity index (χ1v) is 10.6. The molecule has 1 saturated heterocycles. The summed E-state index contributed by atoms with van der Waals surface area (Å²) in [4.78, 5) is 32.4. The zero-order valence-corrected chi connectivity index (χ0v) is 17.2. The Morgan fingerprint density at radius 1 is 1.10 bits per heavy atom. The second-order valence-corrected chi connectivity index (χ2v) is 8.82. The summed E-state index contributed by atoms with van der Waals surface area (Å²) in [6.07, 6.45) is 7.80. The second kappa shape index (κ2) is 6.26. The van der Waals surface area contributed by atoms with Gasteiger partial charge in [0.1, 0.15) is 0 Å². The summed E-state index contributed by atoms with van der Waals surface area (Å²) in [5.74, 6) is -0.179. The molecule has 31 heavy (non-hydrogen) atoms. The monoisotopic (exact) mass is 414 g/mol. The molecule has 0 radical (unpaired) electrons. The van der Waals surface area contributed by atoms with Crippen molar-refractivity contribution in [3.8, 4) is 11.3 Å². The van der Waals surface area contributed by atoms with Gasteiger partial charge in [-0.25, -0.2) is 4.79 Å². The maximum Gasteiger partial charge on any atom is 0.339 e. The third-order valence-corrected chi connectivity index (χ3v) is 6.92. The van der Waals surface area contributed by atoms with Crippen LogP contribution in [-0.4, -0.2) is 44.6 Å². The molecule has 6 rings (SSSR count). The fourth-order valence-electron chi connectivity index (χ4n) is 5.06. The second-order valence-electron chi connectivity index (χ2n) is 8.82. The molecule has 0 bridgehead atoms. The number of pyridine rings is 1. The van der Waals surface area contributed by atoms with Crippen LogP contribution in [0.2, 0.25) is 0 Å². The van der Waals surface area contributed by atoms with Gasteiger partial charge in [-0.2, -0.15) is 5.10 Å². The fourth-order valence-corrected chi connectivity index (χ4v) is 5.06. The predicted octanol–water partition coefficient (Wildman–Crippen LogP) is 2.81. The maximum absolute atomic E-state index is 13.6. The summed E-state index contributed by atoms with van der Waals surface area (Å²) in [6, 6.07) is 11.5. The van der Waals surface area contributed by atoms with Crippen molar-refractivity contribution in [1.29, 1.82) is 0 Å². The molecule has 1 saturated carbocycles. The lowest BCUT2D eigenvalue weighted by Crippen LogP contribution is -2.40. The topological polar surface area (TPSA) is 77.3 Å². The SMILES string of the molecule is Cn1cc(-c2ccc(C3(C(=O)N4CCC5(C4)OC(=O)c4ccccc45)CC3)cn2)cn1. The number of amides is 1. The number of carbonyl (C=O) groups excluding carboxylic acids is 2. The molecule has 2 aromatic heterocycles. The zero-order valence-electron chi connectivity index (χ0n) is 17.2. The molecule has 7 nitrogen and oxygen atoms in total. The van der Waals surface area contributed by atoms with Gasteiger partial charge in [-0.3, -0.25) is 14.5 Å². The molecule has 2 aliphatic heterocycles. The molecule has 4 heterocycles. The zero-order chi connectivity index (χ0) is 21.2. The number of rotatable bonds is 3. The van der Waals surface area contributed by atoms with Gasteiger partial charge >= 0.3 is 5.97 Å². The molecule has 1 unspecified atom stereocenters. The molecular formula is C24H22N4O3. The average Bonchev–Trinajstić information content (AvgIpc) is 3.17. The van der Waals surface area contributed by atoms with E-state index < -0.39 is 11.0 Å². The molecule has 1 aliphatic carbocycles. The Morgan fingerprint density at radius 3 is 2.65 bits per heavy atom. The maximum atomic E-state index is 13.6. The number of benzene rings is 1. The van der Waals surface area contributed by atoms with E-state index in [0.717, 1.165) is 35.2 Å². The summed E-state index contributed by atoms with van der Waals surface area (Å²) in [5, 5.41) is 4.19. The Kier molecular flexibility index (Phi) is 3.70. The molecule has 0 N–H and O–H groups in total. The van der Waals surface area contributed by atoms with Crippen LogP contribution in [0.15, 0.2) is 55.0 Å². The van der Waals surface area contributed by atoms with Crippen molar-refractivity contribution in [2.24, 2.45) is 7.05 Å². The van der Waals surface area contributed by atoms with Crippen molar-refractivity contribution in [3.05, 3.63) is 71.7 Å². The minimum atomic E-state index is -0.707. The highest BCUT2D eigenvalue weighted by atomic mass is 16.6. The van der Waals surface area contributed by atoms with E-state index in [9.17, 15) is 9.59 Å². The number of likely N-dealkylation sites (tertiary alicyclic amines) is 1. The van der Waals surface area contributed by atoms with Gasteiger partial charge in [0, 0.05) is 43.5 Å². The number of ether oxygens (including phenoxy) is 1. The summed E-state index contributed by atoms with van der Waals surface area (Å²) in [5.41, 5.74) is 3.06. The fraction of sp³-hybridized carbons (Fsp3) is 0.333. The minimum Gasteiger partial charge on any atom is -0.449 e. The largest absolute Gasteiger partial charge is 0.449 e. The van der Waals surface area contributed by atoms with Crippen molar-refractivity contribution in [3.63, 3.8) is 0 Å². The number of aromatic nitrogens is 3. The van der Waals surface area contributed by atoms with Crippen molar-refractivity contribution in [2.75, 3.05) is 13.1 Å². The quantitative estimate of drug-likeness (QED) is 0.616. The first-order valence-electron chi connectivity index (χ1n) is 10.6. The first-order chi connectivity index (χ1) is 15.0. The van der Waals surface area contributed by atoms with Gasteiger partial charge in [0.15, 0.2) is 5.60 Å². The Labute approximate surface area is 179 Å². The van der Waals surface area contributed by atoms with Crippen molar-refractivity contribution >= 4 is 11.9 Å². The summed E-state index contributed by atoms with van der Waals surface area (Å²) in [6.45, 7) is 1.00. The van der Waals surface area contributed by atoms with Crippen LogP contribution in [0, 0.1) is 0 Å². The molecule has 2 fully saturated rings. The molecule has 7 heteroatoms. The van der Waals surface area contributed by atoms with E-state index in [4.69, 9.17) is 4.74 Å². The van der Waals surface area contributed by atoms with Crippen LogP contribution in [0.4, 0.5) is 0 Å². The van der Waals surface area contributed by atoms with E-state index in [0.29, 0.717) is 25.1 Å². The van der Waals surface area contributed by atoms with E-state index in [1.807, 2.05) is 54.7 Å². The van der Waals surface area contributed by atoms with Gasteiger partial charge in [-0.1, -0.05) is 24.3 Å². The minimum absolute atomic E-state index is 0.112. The number of hydrogen-bond acceptors (Lipinski definition) is 5. The van der Waals surface area contributed by atoms with Crippen LogP contribution >= 0.6 is 0 Å². The lowest BCUT2D eigenvalue weighted by molar-refractivity contribution is -0.134. The van der Waals surface area contributed by atoms with E-state index in [1.165, 1.54) is 0 Å². The molecule has 3 aromatic rings. The molecule has 156 valence electrons. The van der Waals surface area contributed by atoms with Crippen LogP contribution in [0.1, 0.15) is 40.7 Å². The number of carbonyl (C=O) groups is 2. The number of aryl methyl sites for hydroxylation is 1. The lowest BCUT2D eigenvalue weighted by Gasteiger charge is -2.26. The third-order valence-electron chi connectivity index (χ3n) is 6.92. The highest BCUT2D eigenvalue weighted by Gasteiger charge is 2.57. The average molecular weight is 414 g/mol. The van der Waals surface area contributed by atoms with Gasteiger partial charge in [0.05, 0.1) is 29.4 Å². The van der Waals surface area contributed by atoms with Gasteiger partial charge in [-0.05, 0) is 30.5 Å². The Hall–Kier alpha value is -3.48. The molecule has 1 atom stereocenters. The summed E-state index contributed by atoms with van der Waals surface area (Å²) >= 11 is 0. The number of nitrogens with zero attached hydrogens (tertiary/aromatic N) is 4. The van der Waals surface area contributed by atoms with Crippen molar-refractivity contribution < 1.29 is 14.3 Å². The lowest BCUT2D eigenvalue weighted by atomic mass is 9.91. The van der Waals surface area contributed by atoms with Gasteiger partial charge < -0.3 is 9.64 Å². The normalized spacial score (nSPS) is 23.1. The third kappa shape index (κ3) is 2.65. The van der Waals surface area contributed by atoms with Crippen LogP contribution in [-0.2, 0) is 27.6 Å². The van der Waals surface area contributed by atoms with Crippen molar-refractivity contribution in [1.82, 2.24) is 19.7 Å². The standard InChI is InChI=1S/C24H22N4O3/c1-27-14-16(12-26-27)20-7-6-17(13-25-20)23(8-9-23)22(30)28-11-10-24(15-28)19-5-3-2-4-18(19)21(29)31-24/h2-7,12-14H,8-11,15H2,1H3. The Balaban J connectivity index is 1.25.